The third-order valence-corrected chi connectivity index (χ3v) is 4.82. The molecular formula is C18H24N4O4. The first-order valence-electron chi connectivity index (χ1n) is 8.70. The molecule has 1 unspecified atom stereocenters. The lowest BCUT2D eigenvalue weighted by atomic mass is 9.93. The second-order valence-electron chi connectivity index (χ2n) is 6.91. The number of carbonyl (C=O) groups is 3. The van der Waals surface area contributed by atoms with Gasteiger partial charge in [-0.1, -0.05) is 12.1 Å². The van der Waals surface area contributed by atoms with Crippen molar-refractivity contribution < 1.29 is 19.1 Å². The van der Waals surface area contributed by atoms with Gasteiger partial charge in [0.05, 0.1) is 19.5 Å². The van der Waals surface area contributed by atoms with Crippen molar-refractivity contribution in [2.45, 2.75) is 24.9 Å². The normalized spacial score (nSPS) is 22.3. The van der Waals surface area contributed by atoms with Crippen molar-refractivity contribution in [3.63, 3.8) is 0 Å². The number of piperidine rings is 1. The Labute approximate surface area is 152 Å². The van der Waals surface area contributed by atoms with Crippen LogP contribution in [0.4, 0.5) is 15.3 Å². The average Bonchev–Trinajstić information content (AvgIpc) is 2.89. The van der Waals surface area contributed by atoms with Crippen LogP contribution < -0.4 is 10.6 Å². The first kappa shape index (κ1) is 18.0. The molecule has 26 heavy (non-hydrogen) atoms. The van der Waals surface area contributed by atoms with E-state index in [2.05, 4.69) is 10.6 Å². The molecule has 4 amide bonds. The predicted octanol–water partition coefficient (Wildman–Crippen LogP) is 1.42. The van der Waals surface area contributed by atoms with Crippen LogP contribution in [-0.4, -0.2) is 67.2 Å². The van der Waals surface area contributed by atoms with Crippen LogP contribution in [-0.2, 0) is 16.0 Å². The van der Waals surface area contributed by atoms with E-state index in [1.54, 1.807) is 36.0 Å². The summed E-state index contributed by atoms with van der Waals surface area (Å²) in [5, 5.41) is 5.45. The zero-order chi connectivity index (χ0) is 18.7. The topological polar surface area (TPSA) is 91.0 Å². The van der Waals surface area contributed by atoms with Crippen LogP contribution in [0.3, 0.4) is 0 Å². The smallest absolute Gasteiger partial charge is 0.410 e. The number of nitrogens with zero attached hydrogens (tertiary/aromatic N) is 2. The third kappa shape index (κ3) is 3.89. The number of anilines is 1. The summed E-state index contributed by atoms with van der Waals surface area (Å²) in [6, 6.07) is 6.97. The van der Waals surface area contributed by atoms with Crippen molar-refractivity contribution in [1.82, 2.24) is 15.1 Å². The van der Waals surface area contributed by atoms with E-state index in [4.69, 9.17) is 4.74 Å². The maximum Gasteiger partial charge on any atom is 0.410 e. The predicted molar refractivity (Wildman–Crippen MR) is 95.9 cm³/mol. The molecule has 0 saturated carbocycles. The van der Waals surface area contributed by atoms with Gasteiger partial charge in [0.1, 0.15) is 5.60 Å². The highest BCUT2D eigenvalue weighted by Gasteiger charge is 2.47. The molecule has 8 heteroatoms. The van der Waals surface area contributed by atoms with Gasteiger partial charge in [0, 0.05) is 26.3 Å². The minimum absolute atomic E-state index is 0.0588. The summed E-state index contributed by atoms with van der Waals surface area (Å²) < 4.78 is 5.52. The Morgan fingerprint density at radius 1 is 1.23 bits per heavy atom. The van der Waals surface area contributed by atoms with Gasteiger partial charge in [-0.05, 0) is 30.5 Å². The molecule has 2 heterocycles. The molecule has 2 saturated heterocycles. The van der Waals surface area contributed by atoms with Crippen LogP contribution in [0.1, 0.15) is 18.4 Å². The lowest BCUT2D eigenvalue weighted by molar-refractivity contribution is -0.119. The van der Waals surface area contributed by atoms with Crippen LogP contribution in [0.5, 0.6) is 0 Å². The van der Waals surface area contributed by atoms with Gasteiger partial charge >= 0.3 is 12.1 Å². The van der Waals surface area contributed by atoms with E-state index < -0.39 is 5.60 Å². The van der Waals surface area contributed by atoms with E-state index in [1.165, 1.54) is 0 Å². The molecule has 3 rings (SSSR count). The molecule has 1 atom stereocenters. The van der Waals surface area contributed by atoms with Crippen molar-refractivity contribution in [3.8, 4) is 0 Å². The molecule has 2 aliphatic rings. The Balaban J connectivity index is 1.59. The van der Waals surface area contributed by atoms with Gasteiger partial charge in [0.15, 0.2) is 0 Å². The first-order valence-corrected chi connectivity index (χ1v) is 8.70. The van der Waals surface area contributed by atoms with Gasteiger partial charge in [-0.2, -0.15) is 0 Å². The van der Waals surface area contributed by atoms with E-state index in [0.29, 0.717) is 31.7 Å². The monoisotopic (exact) mass is 360 g/mol. The lowest BCUT2D eigenvalue weighted by Crippen LogP contribution is -2.53. The molecule has 2 N–H and O–H groups in total. The number of urea groups is 1. The van der Waals surface area contributed by atoms with Gasteiger partial charge < -0.3 is 25.2 Å². The number of likely N-dealkylation sites (tertiary alicyclic amines) is 1. The highest BCUT2D eigenvalue weighted by Crippen LogP contribution is 2.31. The van der Waals surface area contributed by atoms with Crippen molar-refractivity contribution in [3.05, 3.63) is 29.8 Å². The lowest BCUT2D eigenvalue weighted by Gasteiger charge is -2.38. The molecule has 0 radical (unpaired) electrons. The summed E-state index contributed by atoms with van der Waals surface area (Å²) in [7, 11) is 3.30. The molecule has 8 nitrogen and oxygen atoms in total. The van der Waals surface area contributed by atoms with E-state index in [1.807, 2.05) is 12.1 Å². The SMILES string of the molecule is CNC(=O)Cc1ccc(NC(=O)N2CCCC3(CN(C)C(=O)O3)C2)cc1. The number of hydrogen-bond donors (Lipinski definition) is 2. The van der Waals surface area contributed by atoms with Gasteiger partial charge in [0.25, 0.3) is 0 Å². The van der Waals surface area contributed by atoms with Gasteiger partial charge in [0.2, 0.25) is 5.91 Å². The number of carbonyl (C=O) groups excluding carboxylic acids is 3. The third-order valence-electron chi connectivity index (χ3n) is 4.82. The summed E-state index contributed by atoms with van der Waals surface area (Å²) in [6.07, 6.45) is 1.53. The van der Waals surface area contributed by atoms with Crippen LogP contribution in [0, 0.1) is 0 Å². The quantitative estimate of drug-likeness (QED) is 0.853. The number of amides is 4. The maximum absolute atomic E-state index is 12.6. The zero-order valence-electron chi connectivity index (χ0n) is 15.1. The zero-order valence-corrected chi connectivity index (χ0v) is 15.1. The molecule has 2 fully saturated rings. The highest BCUT2D eigenvalue weighted by atomic mass is 16.6. The van der Waals surface area contributed by atoms with E-state index in [-0.39, 0.29) is 18.0 Å². The molecule has 0 aromatic heterocycles. The standard InChI is InChI=1S/C18H24N4O4/c1-19-15(23)10-13-4-6-14(7-5-13)20-16(24)22-9-3-8-18(12-22)11-21(2)17(25)26-18/h4-7H,3,8-12H2,1-2H3,(H,19,23)(H,20,24). The van der Waals surface area contributed by atoms with Crippen molar-refractivity contribution in [2.24, 2.45) is 0 Å². The van der Waals surface area contributed by atoms with E-state index in [0.717, 1.165) is 18.4 Å². The Kier molecular flexibility index (Phi) is 5.01. The molecule has 2 aliphatic heterocycles. The number of nitrogens with one attached hydrogen (secondary N) is 2. The number of rotatable bonds is 3. The Hall–Kier alpha value is -2.77. The summed E-state index contributed by atoms with van der Waals surface area (Å²) >= 11 is 0. The fourth-order valence-electron chi connectivity index (χ4n) is 3.46. The number of hydrogen-bond acceptors (Lipinski definition) is 4. The van der Waals surface area contributed by atoms with Crippen LogP contribution in [0.15, 0.2) is 24.3 Å². The average molecular weight is 360 g/mol. The molecule has 1 aromatic carbocycles. The van der Waals surface area contributed by atoms with Gasteiger partial charge in [-0.15, -0.1) is 0 Å². The minimum atomic E-state index is -0.598. The molecule has 140 valence electrons. The second kappa shape index (κ2) is 7.23. The van der Waals surface area contributed by atoms with E-state index in [9.17, 15) is 14.4 Å². The Bertz CT molecular complexity index is 706. The Morgan fingerprint density at radius 3 is 2.58 bits per heavy atom. The van der Waals surface area contributed by atoms with Crippen LogP contribution in [0.25, 0.3) is 0 Å². The summed E-state index contributed by atoms with van der Waals surface area (Å²) in [5.41, 5.74) is 0.940. The number of ether oxygens (including phenoxy) is 1. The molecule has 1 aromatic rings. The van der Waals surface area contributed by atoms with Gasteiger partial charge in [-0.3, -0.25) is 4.79 Å². The van der Waals surface area contributed by atoms with Crippen LogP contribution in [0.2, 0.25) is 0 Å². The van der Waals surface area contributed by atoms with Crippen molar-refractivity contribution >= 4 is 23.7 Å². The maximum atomic E-state index is 12.6. The molecule has 0 bridgehead atoms. The Morgan fingerprint density at radius 2 is 1.96 bits per heavy atom. The number of benzene rings is 1. The van der Waals surface area contributed by atoms with Gasteiger partial charge in [-0.25, -0.2) is 9.59 Å². The first-order chi connectivity index (χ1) is 12.4. The molecule has 1 spiro atoms. The molecular weight excluding hydrogens is 336 g/mol. The van der Waals surface area contributed by atoms with Crippen molar-refractivity contribution in [2.75, 3.05) is 39.0 Å². The summed E-state index contributed by atoms with van der Waals surface area (Å²) in [4.78, 5) is 38.9. The summed E-state index contributed by atoms with van der Waals surface area (Å²) in [6.45, 7) is 1.52. The fourth-order valence-corrected chi connectivity index (χ4v) is 3.46. The van der Waals surface area contributed by atoms with E-state index >= 15 is 0 Å². The largest absolute Gasteiger partial charge is 0.439 e. The number of likely N-dealkylation sites (N-methyl/N-ethyl adjacent to an activating group) is 2. The highest BCUT2D eigenvalue weighted by molar-refractivity contribution is 5.89. The summed E-state index contributed by atoms with van der Waals surface area (Å²) in [5.74, 6) is -0.0588. The fraction of sp³-hybridized carbons (Fsp3) is 0.500. The minimum Gasteiger partial charge on any atom is -0.439 e. The van der Waals surface area contributed by atoms with Crippen molar-refractivity contribution in [1.29, 1.82) is 0 Å². The second-order valence-corrected chi connectivity index (χ2v) is 6.91. The molecule has 0 aliphatic carbocycles. The van der Waals surface area contributed by atoms with Crippen LogP contribution >= 0.6 is 0 Å².